The zero-order valence-electron chi connectivity index (χ0n) is 15.4. The molecule has 1 amide bonds. The van der Waals surface area contributed by atoms with E-state index in [1.807, 2.05) is 65.0 Å². The molecule has 27 heavy (non-hydrogen) atoms. The Morgan fingerprint density at radius 3 is 2.26 bits per heavy atom. The van der Waals surface area contributed by atoms with Crippen LogP contribution in [0.5, 0.6) is 0 Å². The molecule has 0 aliphatic carbocycles. The lowest BCUT2D eigenvalue weighted by Crippen LogP contribution is -2.47. The van der Waals surface area contributed by atoms with Crippen molar-refractivity contribution in [3.8, 4) is 0 Å². The van der Waals surface area contributed by atoms with E-state index in [1.54, 1.807) is 0 Å². The molecule has 5 nitrogen and oxygen atoms in total. The average Bonchev–Trinajstić information content (AvgIpc) is 2.71. The Bertz CT molecular complexity index is 971. The summed E-state index contributed by atoms with van der Waals surface area (Å²) in [5.41, 5.74) is 1.64. The van der Waals surface area contributed by atoms with E-state index in [2.05, 4.69) is 5.32 Å². The Labute approximate surface area is 164 Å². The summed E-state index contributed by atoms with van der Waals surface area (Å²) in [6, 6.07) is 15.4. The number of aromatic nitrogens is 1. The van der Waals surface area contributed by atoms with Gasteiger partial charge < -0.3 is 14.8 Å². The number of benzene rings is 2. The van der Waals surface area contributed by atoms with E-state index in [0.29, 0.717) is 16.8 Å². The summed E-state index contributed by atoms with van der Waals surface area (Å²) in [6.45, 7) is 1.79. The van der Waals surface area contributed by atoms with E-state index >= 15 is 0 Å². The number of carbonyl (C=O) groups is 1. The van der Waals surface area contributed by atoms with Crippen molar-refractivity contribution in [1.82, 2.24) is 14.8 Å². The number of pyridine rings is 1. The van der Waals surface area contributed by atoms with Gasteiger partial charge in [-0.1, -0.05) is 24.3 Å². The SMILES string of the molecule is CNC1CCCN(C(=O)Cn2c3ccccc3c(=O)c3ccccc32)C1.Cl. The van der Waals surface area contributed by atoms with Crippen LogP contribution >= 0.6 is 12.4 Å². The van der Waals surface area contributed by atoms with Gasteiger partial charge in [-0.25, -0.2) is 0 Å². The third-order valence-corrected chi connectivity index (χ3v) is 5.35. The Balaban J connectivity index is 0.00000210. The highest BCUT2D eigenvalue weighted by atomic mass is 35.5. The third kappa shape index (κ3) is 3.57. The molecule has 1 saturated heterocycles. The van der Waals surface area contributed by atoms with Crippen molar-refractivity contribution in [3.05, 3.63) is 58.8 Å². The smallest absolute Gasteiger partial charge is 0.242 e. The number of nitrogens with one attached hydrogen (secondary N) is 1. The van der Waals surface area contributed by atoms with Crippen LogP contribution in [0.4, 0.5) is 0 Å². The molecule has 0 spiro atoms. The van der Waals surface area contributed by atoms with E-state index in [1.165, 1.54) is 0 Å². The van der Waals surface area contributed by atoms with Crippen LogP contribution in [0.1, 0.15) is 12.8 Å². The van der Waals surface area contributed by atoms with Crippen molar-refractivity contribution in [2.75, 3.05) is 20.1 Å². The van der Waals surface area contributed by atoms with Gasteiger partial charge in [0.05, 0.1) is 11.0 Å². The minimum Gasteiger partial charge on any atom is -0.340 e. The molecule has 1 aliphatic rings. The number of hydrogen-bond donors (Lipinski definition) is 1. The van der Waals surface area contributed by atoms with E-state index in [9.17, 15) is 9.59 Å². The second-order valence-electron chi connectivity index (χ2n) is 6.92. The van der Waals surface area contributed by atoms with Crippen LogP contribution in [0.15, 0.2) is 53.3 Å². The van der Waals surface area contributed by atoms with Crippen molar-refractivity contribution in [1.29, 1.82) is 0 Å². The Morgan fingerprint density at radius 1 is 1.07 bits per heavy atom. The highest BCUT2D eigenvalue weighted by molar-refractivity contribution is 5.94. The normalized spacial score (nSPS) is 17.1. The molecular formula is C21H24ClN3O2. The number of nitrogens with zero attached hydrogens (tertiary/aromatic N) is 2. The molecule has 2 heterocycles. The van der Waals surface area contributed by atoms with Crippen LogP contribution in [0, 0.1) is 0 Å². The van der Waals surface area contributed by atoms with Gasteiger partial charge in [0.1, 0.15) is 6.54 Å². The van der Waals surface area contributed by atoms with Crippen LogP contribution in [0.25, 0.3) is 21.8 Å². The fraction of sp³-hybridized carbons (Fsp3) is 0.333. The number of para-hydroxylation sites is 2. The zero-order chi connectivity index (χ0) is 18.1. The zero-order valence-corrected chi connectivity index (χ0v) is 16.2. The van der Waals surface area contributed by atoms with Crippen molar-refractivity contribution in [2.24, 2.45) is 0 Å². The topological polar surface area (TPSA) is 54.3 Å². The molecule has 0 bridgehead atoms. The first-order valence-corrected chi connectivity index (χ1v) is 9.14. The van der Waals surface area contributed by atoms with Crippen LogP contribution in [0.2, 0.25) is 0 Å². The maximum atomic E-state index is 13.0. The standard InChI is InChI=1S/C21H23N3O2.ClH/c1-22-15-7-6-12-23(13-15)20(25)14-24-18-10-4-2-8-16(18)21(26)17-9-3-5-11-19(17)24;/h2-5,8-11,15,22H,6-7,12-14H2,1H3;1H. The summed E-state index contributed by atoms with van der Waals surface area (Å²) in [7, 11) is 1.95. The van der Waals surface area contributed by atoms with E-state index < -0.39 is 0 Å². The van der Waals surface area contributed by atoms with E-state index in [0.717, 1.165) is 37.0 Å². The molecule has 1 aliphatic heterocycles. The molecule has 1 unspecified atom stereocenters. The summed E-state index contributed by atoms with van der Waals surface area (Å²) in [5.74, 6) is 0.101. The first kappa shape index (κ1) is 19.4. The minimum atomic E-state index is 0. The van der Waals surface area contributed by atoms with Gasteiger partial charge in [0, 0.05) is 29.9 Å². The molecule has 4 rings (SSSR count). The molecule has 0 radical (unpaired) electrons. The van der Waals surface area contributed by atoms with Gasteiger partial charge in [0.25, 0.3) is 0 Å². The predicted octanol–water partition coefficient (Wildman–Crippen LogP) is 2.79. The number of piperidine rings is 1. The summed E-state index contributed by atoms with van der Waals surface area (Å²) < 4.78 is 1.98. The molecule has 1 fully saturated rings. The molecule has 6 heteroatoms. The van der Waals surface area contributed by atoms with Gasteiger partial charge in [-0.05, 0) is 44.2 Å². The first-order chi connectivity index (χ1) is 12.7. The lowest BCUT2D eigenvalue weighted by atomic mass is 10.1. The van der Waals surface area contributed by atoms with Gasteiger partial charge in [-0.2, -0.15) is 0 Å². The Morgan fingerprint density at radius 2 is 1.67 bits per heavy atom. The number of carbonyl (C=O) groups excluding carboxylic acids is 1. The second-order valence-corrected chi connectivity index (χ2v) is 6.92. The van der Waals surface area contributed by atoms with Gasteiger partial charge in [-0.15, -0.1) is 12.4 Å². The van der Waals surface area contributed by atoms with Crippen molar-refractivity contribution >= 4 is 40.1 Å². The van der Waals surface area contributed by atoms with Crippen molar-refractivity contribution < 1.29 is 4.79 Å². The summed E-state index contributed by atoms with van der Waals surface area (Å²) in [5, 5.41) is 4.59. The summed E-state index contributed by atoms with van der Waals surface area (Å²) >= 11 is 0. The van der Waals surface area contributed by atoms with Crippen molar-refractivity contribution in [3.63, 3.8) is 0 Å². The van der Waals surface area contributed by atoms with E-state index in [4.69, 9.17) is 0 Å². The lowest BCUT2D eigenvalue weighted by molar-refractivity contribution is -0.133. The fourth-order valence-corrected chi connectivity index (χ4v) is 3.92. The van der Waals surface area contributed by atoms with Gasteiger partial charge in [0.2, 0.25) is 5.91 Å². The minimum absolute atomic E-state index is 0. The number of halogens is 1. The molecule has 142 valence electrons. The van der Waals surface area contributed by atoms with Gasteiger partial charge >= 0.3 is 0 Å². The Kier molecular flexibility index (Phi) is 5.82. The first-order valence-electron chi connectivity index (χ1n) is 9.14. The molecule has 0 saturated carbocycles. The summed E-state index contributed by atoms with van der Waals surface area (Å²) in [4.78, 5) is 27.7. The van der Waals surface area contributed by atoms with Crippen LogP contribution in [-0.4, -0.2) is 41.6 Å². The number of rotatable bonds is 3. The largest absolute Gasteiger partial charge is 0.340 e. The molecular weight excluding hydrogens is 362 g/mol. The number of hydrogen-bond acceptors (Lipinski definition) is 3. The van der Waals surface area contributed by atoms with Crippen LogP contribution in [0.3, 0.4) is 0 Å². The maximum absolute atomic E-state index is 13.0. The van der Waals surface area contributed by atoms with Crippen LogP contribution in [-0.2, 0) is 11.3 Å². The van der Waals surface area contributed by atoms with E-state index in [-0.39, 0.29) is 30.3 Å². The number of fused-ring (bicyclic) bond motifs is 2. The summed E-state index contributed by atoms with van der Waals surface area (Å²) in [6.07, 6.45) is 2.12. The fourth-order valence-electron chi connectivity index (χ4n) is 3.92. The molecule has 1 aromatic heterocycles. The van der Waals surface area contributed by atoms with Gasteiger partial charge in [-0.3, -0.25) is 9.59 Å². The lowest BCUT2D eigenvalue weighted by Gasteiger charge is -2.33. The molecule has 1 atom stereocenters. The quantitative estimate of drug-likeness (QED) is 0.705. The number of likely N-dealkylation sites (tertiary alicyclic amines) is 1. The molecule has 3 aromatic rings. The number of likely N-dealkylation sites (N-methyl/N-ethyl adjacent to an activating group) is 1. The monoisotopic (exact) mass is 385 g/mol. The highest BCUT2D eigenvalue weighted by Gasteiger charge is 2.23. The highest BCUT2D eigenvalue weighted by Crippen LogP contribution is 2.20. The van der Waals surface area contributed by atoms with Crippen molar-refractivity contribution in [2.45, 2.75) is 25.4 Å². The van der Waals surface area contributed by atoms with Crippen LogP contribution < -0.4 is 10.7 Å². The third-order valence-electron chi connectivity index (χ3n) is 5.35. The predicted molar refractivity (Wildman–Crippen MR) is 112 cm³/mol. The van der Waals surface area contributed by atoms with Gasteiger partial charge in [0.15, 0.2) is 5.43 Å². The Hall–Kier alpha value is -2.37. The average molecular weight is 386 g/mol. The molecule has 2 aromatic carbocycles. The number of amides is 1. The molecule has 1 N–H and O–H groups in total. The second kappa shape index (κ2) is 8.11. The maximum Gasteiger partial charge on any atom is 0.242 e.